The van der Waals surface area contributed by atoms with Gasteiger partial charge in [0, 0.05) is 26.1 Å². The first-order valence-corrected chi connectivity index (χ1v) is 10.2. The molecule has 8 nitrogen and oxygen atoms in total. The lowest BCUT2D eigenvalue weighted by atomic mass is 10.1. The van der Waals surface area contributed by atoms with Gasteiger partial charge in [-0.15, -0.1) is 0 Å². The van der Waals surface area contributed by atoms with Gasteiger partial charge in [-0.3, -0.25) is 0 Å². The van der Waals surface area contributed by atoms with Crippen molar-refractivity contribution in [2.24, 2.45) is 4.99 Å². The zero-order valence-electron chi connectivity index (χ0n) is 17.9. The van der Waals surface area contributed by atoms with E-state index in [4.69, 9.17) is 9.47 Å². The van der Waals surface area contributed by atoms with Gasteiger partial charge in [0.1, 0.15) is 24.8 Å². The van der Waals surface area contributed by atoms with Crippen molar-refractivity contribution in [3.63, 3.8) is 0 Å². The van der Waals surface area contributed by atoms with Crippen molar-refractivity contribution in [3.8, 4) is 5.75 Å². The third-order valence-corrected chi connectivity index (χ3v) is 4.69. The molecule has 8 heteroatoms. The lowest BCUT2D eigenvalue weighted by Gasteiger charge is -2.25. The van der Waals surface area contributed by atoms with E-state index >= 15 is 0 Å². The number of aryl methyl sites for hydroxylation is 3. The van der Waals surface area contributed by atoms with Crippen molar-refractivity contribution in [3.05, 3.63) is 41.0 Å². The lowest BCUT2D eigenvalue weighted by Crippen LogP contribution is -2.47. The number of aromatic nitrogens is 3. The molecular formula is C21H32N6O2. The molecule has 0 fully saturated rings. The third kappa shape index (κ3) is 6.19. The molecule has 0 saturated carbocycles. The van der Waals surface area contributed by atoms with E-state index in [-0.39, 0.29) is 6.04 Å². The smallest absolute Gasteiger partial charge is 0.191 e. The van der Waals surface area contributed by atoms with Crippen molar-refractivity contribution in [2.75, 3.05) is 26.8 Å². The Hall–Kier alpha value is -2.61. The second-order valence-electron chi connectivity index (χ2n) is 7.37. The van der Waals surface area contributed by atoms with Crippen LogP contribution in [0.5, 0.6) is 5.75 Å². The van der Waals surface area contributed by atoms with Gasteiger partial charge in [-0.2, -0.15) is 5.10 Å². The van der Waals surface area contributed by atoms with E-state index < -0.39 is 0 Å². The molecule has 0 spiro atoms. The summed E-state index contributed by atoms with van der Waals surface area (Å²) in [6.45, 7) is 9.37. The molecule has 1 unspecified atom stereocenters. The van der Waals surface area contributed by atoms with Crippen LogP contribution in [0.15, 0.2) is 23.2 Å². The lowest BCUT2D eigenvalue weighted by molar-refractivity contribution is 0.177. The molecule has 1 aliphatic heterocycles. The Labute approximate surface area is 172 Å². The average Bonchev–Trinajstić information content (AvgIpc) is 3.06. The average molecular weight is 401 g/mol. The summed E-state index contributed by atoms with van der Waals surface area (Å²) in [7, 11) is 1.66. The Balaban J connectivity index is 1.52. The molecule has 0 amide bonds. The number of ether oxygens (including phenoxy) is 2. The number of hydrogen-bond acceptors (Lipinski definition) is 5. The summed E-state index contributed by atoms with van der Waals surface area (Å²) in [5, 5.41) is 11.4. The van der Waals surface area contributed by atoms with Crippen LogP contribution in [0.25, 0.3) is 0 Å². The Morgan fingerprint density at radius 2 is 2.07 bits per heavy atom. The maximum Gasteiger partial charge on any atom is 0.191 e. The van der Waals surface area contributed by atoms with Crippen LogP contribution in [0.3, 0.4) is 0 Å². The molecular weight excluding hydrogens is 368 g/mol. The summed E-state index contributed by atoms with van der Waals surface area (Å²) in [4.78, 5) is 9.19. The standard InChI is InChI=1S/C21H32N6O2/c1-5-22-21(23-8-9-29-18-11-15(2)10-16(3)12-18)24-17-6-7-20-25-19(14-28-4)26-27(20)13-17/h10-12,17H,5-9,13-14H2,1-4H3,(H2,22,23,24). The molecule has 0 saturated heterocycles. The Bertz CT molecular complexity index is 812. The van der Waals surface area contributed by atoms with Gasteiger partial charge in [-0.1, -0.05) is 6.07 Å². The maximum absolute atomic E-state index is 5.86. The van der Waals surface area contributed by atoms with Crippen molar-refractivity contribution >= 4 is 5.96 Å². The van der Waals surface area contributed by atoms with Crippen LogP contribution < -0.4 is 15.4 Å². The number of fused-ring (bicyclic) bond motifs is 1. The second kappa shape index (κ2) is 10.2. The highest BCUT2D eigenvalue weighted by atomic mass is 16.5. The van der Waals surface area contributed by atoms with Gasteiger partial charge in [-0.05, 0) is 50.5 Å². The van der Waals surface area contributed by atoms with Gasteiger partial charge in [0.05, 0.1) is 13.1 Å². The van der Waals surface area contributed by atoms with Crippen molar-refractivity contribution < 1.29 is 9.47 Å². The van der Waals surface area contributed by atoms with E-state index in [2.05, 4.69) is 64.7 Å². The predicted octanol–water partition coefficient (Wildman–Crippen LogP) is 1.99. The van der Waals surface area contributed by atoms with Crippen molar-refractivity contribution in [2.45, 2.75) is 52.8 Å². The van der Waals surface area contributed by atoms with E-state index in [1.165, 1.54) is 11.1 Å². The molecule has 1 aromatic carbocycles. The predicted molar refractivity (Wildman–Crippen MR) is 113 cm³/mol. The molecule has 1 aliphatic rings. The Morgan fingerprint density at radius 3 is 2.79 bits per heavy atom. The summed E-state index contributed by atoms with van der Waals surface area (Å²) in [5.41, 5.74) is 2.41. The minimum absolute atomic E-state index is 0.262. The van der Waals surface area contributed by atoms with Gasteiger partial charge in [0.15, 0.2) is 11.8 Å². The molecule has 3 rings (SSSR count). The fraction of sp³-hybridized carbons (Fsp3) is 0.571. The molecule has 158 valence electrons. The number of aliphatic imine (C=N–C) groups is 1. The molecule has 0 bridgehead atoms. The topological polar surface area (TPSA) is 85.6 Å². The maximum atomic E-state index is 5.86. The number of hydrogen-bond donors (Lipinski definition) is 2. The van der Waals surface area contributed by atoms with Gasteiger partial charge >= 0.3 is 0 Å². The fourth-order valence-corrected chi connectivity index (χ4v) is 3.52. The highest BCUT2D eigenvalue weighted by Gasteiger charge is 2.22. The molecule has 29 heavy (non-hydrogen) atoms. The number of benzene rings is 1. The minimum Gasteiger partial charge on any atom is -0.492 e. The number of guanidine groups is 1. The number of nitrogens with zero attached hydrogens (tertiary/aromatic N) is 4. The van der Waals surface area contributed by atoms with Gasteiger partial charge in [-0.25, -0.2) is 14.7 Å². The SMILES string of the molecule is CCNC(=NCCOc1cc(C)cc(C)c1)NC1CCc2nc(COC)nn2C1. The molecule has 1 aromatic heterocycles. The molecule has 2 N–H and O–H groups in total. The van der Waals surface area contributed by atoms with E-state index in [0.29, 0.717) is 19.8 Å². The van der Waals surface area contributed by atoms with E-state index in [0.717, 1.165) is 49.3 Å². The largest absolute Gasteiger partial charge is 0.492 e. The first kappa shape index (κ1) is 21.1. The van der Waals surface area contributed by atoms with Crippen LogP contribution in [0.1, 0.15) is 36.1 Å². The van der Waals surface area contributed by atoms with Crippen LogP contribution >= 0.6 is 0 Å². The quantitative estimate of drug-likeness (QED) is 0.400. The molecule has 0 radical (unpaired) electrons. The molecule has 0 aliphatic carbocycles. The monoisotopic (exact) mass is 400 g/mol. The highest BCUT2D eigenvalue weighted by molar-refractivity contribution is 5.80. The Morgan fingerprint density at radius 1 is 1.28 bits per heavy atom. The molecule has 2 aromatic rings. The fourth-order valence-electron chi connectivity index (χ4n) is 3.52. The molecule has 1 atom stereocenters. The van der Waals surface area contributed by atoms with Crippen LogP contribution in [0.4, 0.5) is 0 Å². The summed E-state index contributed by atoms with van der Waals surface area (Å²) < 4.78 is 13.0. The molecule has 2 heterocycles. The van der Waals surface area contributed by atoms with Crippen LogP contribution in [0, 0.1) is 13.8 Å². The third-order valence-electron chi connectivity index (χ3n) is 4.69. The van der Waals surface area contributed by atoms with Crippen LogP contribution in [-0.2, 0) is 24.3 Å². The van der Waals surface area contributed by atoms with E-state index in [9.17, 15) is 0 Å². The minimum atomic E-state index is 0.262. The highest BCUT2D eigenvalue weighted by Crippen LogP contribution is 2.16. The first-order valence-electron chi connectivity index (χ1n) is 10.2. The zero-order valence-corrected chi connectivity index (χ0v) is 17.9. The summed E-state index contributed by atoms with van der Waals surface area (Å²) in [5.74, 6) is 3.47. The van der Waals surface area contributed by atoms with E-state index in [1.54, 1.807) is 7.11 Å². The van der Waals surface area contributed by atoms with Crippen LogP contribution in [-0.4, -0.2) is 53.6 Å². The second-order valence-corrected chi connectivity index (χ2v) is 7.37. The van der Waals surface area contributed by atoms with Crippen molar-refractivity contribution in [1.29, 1.82) is 0 Å². The van der Waals surface area contributed by atoms with E-state index in [1.807, 2.05) is 4.68 Å². The number of rotatable bonds is 8. The van der Waals surface area contributed by atoms with Gasteiger partial charge < -0.3 is 20.1 Å². The van der Waals surface area contributed by atoms with Gasteiger partial charge in [0.25, 0.3) is 0 Å². The zero-order chi connectivity index (χ0) is 20.6. The van der Waals surface area contributed by atoms with Gasteiger partial charge in [0.2, 0.25) is 0 Å². The normalized spacial score (nSPS) is 16.4. The van der Waals surface area contributed by atoms with Crippen LogP contribution in [0.2, 0.25) is 0 Å². The van der Waals surface area contributed by atoms with Crippen molar-refractivity contribution in [1.82, 2.24) is 25.4 Å². The summed E-state index contributed by atoms with van der Waals surface area (Å²) in [6.07, 6.45) is 1.89. The first-order chi connectivity index (χ1) is 14.1. The number of methoxy groups -OCH3 is 1. The summed E-state index contributed by atoms with van der Waals surface area (Å²) in [6, 6.07) is 6.50. The summed E-state index contributed by atoms with van der Waals surface area (Å²) >= 11 is 0. The number of nitrogens with one attached hydrogen (secondary N) is 2. The Kier molecular flexibility index (Phi) is 7.46.